The lowest BCUT2D eigenvalue weighted by Gasteiger charge is -2.22. The first-order chi connectivity index (χ1) is 22.4. The quantitative estimate of drug-likeness (QED) is 0.0938. The minimum Gasteiger partial charge on any atom is -0.497 e. The van der Waals surface area contributed by atoms with Gasteiger partial charge in [0.25, 0.3) is 0 Å². The Balaban J connectivity index is 1.28. The van der Waals surface area contributed by atoms with E-state index in [4.69, 9.17) is 30.5 Å². The normalized spacial score (nSPS) is 12.1. The number of rotatable bonds is 15. The van der Waals surface area contributed by atoms with Gasteiger partial charge in [0.05, 0.1) is 44.8 Å². The number of esters is 2. The van der Waals surface area contributed by atoms with E-state index in [1.54, 1.807) is 7.11 Å². The Morgan fingerprint density at radius 2 is 1.60 bits per heavy atom. The van der Waals surface area contributed by atoms with Gasteiger partial charge in [0.1, 0.15) is 11.5 Å². The van der Waals surface area contributed by atoms with Crippen molar-refractivity contribution in [1.29, 1.82) is 0 Å². The predicted octanol–water partition coefficient (Wildman–Crippen LogP) is 8.84. The summed E-state index contributed by atoms with van der Waals surface area (Å²) in [6.07, 6.45) is 2.10. The standard InChI is InChI=1S/C39H46ClNO6/c1-26(25-39(4,5)6)38(43)47-21-8-20-45-32-15-9-29(10-16-32)19-22-46-37(42)24-34-28(3)41(27(2)30-11-13-31(40)14-12-30)36-18-17-33(44-7)23-35(34)36/h9-18,23,26H,2,8,19-22,24-25H2,1,3-7H3. The number of aromatic nitrogens is 1. The van der Waals surface area contributed by atoms with Crippen molar-refractivity contribution in [3.05, 3.63) is 101 Å². The third-order valence-electron chi connectivity index (χ3n) is 8.01. The van der Waals surface area contributed by atoms with E-state index in [1.165, 1.54) is 0 Å². The van der Waals surface area contributed by atoms with Crippen molar-refractivity contribution in [2.75, 3.05) is 26.9 Å². The minimum absolute atomic E-state index is 0.0853. The summed E-state index contributed by atoms with van der Waals surface area (Å²) in [6.45, 7) is 15.6. The molecule has 1 heterocycles. The monoisotopic (exact) mass is 659 g/mol. The predicted molar refractivity (Wildman–Crippen MR) is 188 cm³/mol. The molecule has 47 heavy (non-hydrogen) atoms. The van der Waals surface area contributed by atoms with Crippen molar-refractivity contribution in [3.63, 3.8) is 0 Å². The minimum atomic E-state index is -0.305. The maximum Gasteiger partial charge on any atom is 0.310 e. The van der Waals surface area contributed by atoms with Crippen LogP contribution in [0, 0.1) is 18.3 Å². The molecule has 1 atom stereocenters. The fourth-order valence-corrected chi connectivity index (χ4v) is 5.85. The molecule has 0 spiro atoms. The molecule has 1 aromatic heterocycles. The SMILES string of the molecule is C=C(c1ccc(Cl)cc1)n1c(C)c(CC(=O)OCCc2ccc(OCCCOC(=O)C(C)CC(C)(C)C)cc2)c2cc(OC)ccc21. The van der Waals surface area contributed by atoms with Gasteiger partial charge in [0, 0.05) is 34.6 Å². The fourth-order valence-electron chi connectivity index (χ4n) is 5.73. The molecule has 0 bridgehead atoms. The Bertz CT molecular complexity index is 1680. The van der Waals surface area contributed by atoms with E-state index >= 15 is 0 Å². The van der Waals surface area contributed by atoms with Gasteiger partial charge in [0.2, 0.25) is 0 Å². The summed E-state index contributed by atoms with van der Waals surface area (Å²) in [6, 6.07) is 21.1. The van der Waals surface area contributed by atoms with Gasteiger partial charge in [-0.05, 0) is 77.9 Å². The number of benzene rings is 3. The third kappa shape index (κ3) is 9.88. The molecule has 4 aromatic rings. The molecule has 0 amide bonds. The van der Waals surface area contributed by atoms with Gasteiger partial charge in [-0.3, -0.25) is 9.59 Å². The Morgan fingerprint density at radius 3 is 2.26 bits per heavy atom. The summed E-state index contributed by atoms with van der Waals surface area (Å²) in [7, 11) is 1.62. The summed E-state index contributed by atoms with van der Waals surface area (Å²) in [4.78, 5) is 25.2. The second kappa shape index (κ2) is 16.1. The van der Waals surface area contributed by atoms with Gasteiger partial charge in [-0.25, -0.2) is 0 Å². The van der Waals surface area contributed by atoms with Crippen molar-refractivity contribution in [2.45, 2.75) is 60.3 Å². The number of halogens is 1. The summed E-state index contributed by atoms with van der Waals surface area (Å²) < 4.78 is 24.4. The van der Waals surface area contributed by atoms with Crippen molar-refractivity contribution >= 4 is 40.1 Å². The van der Waals surface area contributed by atoms with Crippen LogP contribution in [-0.2, 0) is 31.9 Å². The topological polar surface area (TPSA) is 76.0 Å². The second-order valence-corrected chi connectivity index (χ2v) is 13.5. The van der Waals surface area contributed by atoms with Gasteiger partial charge in [-0.15, -0.1) is 0 Å². The maximum absolute atomic E-state index is 13.1. The van der Waals surface area contributed by atoms with Gasteiger partial charge in [-0.2, -0.15) is 0 Å². The maximum atomic E-state index is 13.1. The van der Waals surface area contributed by atoms with Crippen molar-refractivity contribution in [3.8, 4) is 11.5 Å². The van der Waals surface area contributed by atoms with Gasteiger partial charge in [0.15, 0.2) is 0 Å². The molecule has 8 heteroatoms. The number of ether oxygens (including phenoxy) is 4. The van der Waals surface area contributed by atoms with Crippen molar-refractivity contribution in [2.24, 2.45) is 11.3 Å². The Labute approximate surface area is 283 Å². The Hall–Kier alpha value is -4.23. The number of fused-ring (bicyclic) bond motifs is 1. The average Bonchev–Trinajstić information content (AvgIpc) is 3.30. The molecular weight excluding hydrogens is 614 g/mol. The second-order valence-electron chi connectivity index (χ2n) is 13.1. The van der Waals surface area contributed by atoms with Gasteiger partial charge < -0.3 is 23.5 Å². The molecule has 250 valence electrons. The Morgan fingerprint density at radius 1 is 0.915 bits per heavy atom. The zero-order chi connectivity index (χ0) is 34.1. The Kier molecular flexibility index (Phi) is 12.2. The molecule has 0 saturated heterocycles. The lowest BCUT2D eigenvalue weighted by molar-refractivity contribution is -0.149. The van der Waals surface area contributed by atoms with Crippen LogP contribution in [0.4, 0.5) is 0 Å². The van der Waals surface area contributed by atoms with Crippen molar-refractivity contribution in [1.82, 2.24) is 4.57 Å². The first-order valence-corrected chi connectivity index (χ1v) is 16.4. The highest BCUT2D eigenvalue weighted by molar-refractivity contribution is 6.30. The van der Waals surface area contributed by atoms with Crippen LogP contribution in [0.15, 0.2) is 73.3 Å². The first kappa shape index (κ1) is 35.6. The molecule has 7 nitrogen and oxygen atoms in total. The lowest BCUT2D eigenvalue weighted by atomic mass is 9.85. The zero-order valence-electron chi connectivity index (χ0n) is 28.4. The first-order valence-electron chi connectivity index (χ1n) is 16.0. The number of hydrogen-bond donors (Lipinski definition) is 0. The molecule has 0 radical (unpaired) electrons. The van der Waals surface area contributed by atoms with E-state index in [2.05, 4.69) is 31.9 Å². The molecule has 0 N–H and O–H groups in total. The van der Waals surface area contributed by atoms with E-state index in [9.17, 15) is 9.59 Å². The van der Waals surface area contributed by atoms with Crippen molar-refractivity contribution < 1.29 is 28.5 Å². The molecule has 0 aliphatic heterocycles. The van der Waals surface area contributed by atoms with Crippen LogP contribution < -0.4 is 9.47 Å². The van der Waals surface area contributed by atoms with E-state index in [0.29, 0.717) is 36.8 Å². The van der Waals surface area contributed by atoms with Crippen LogP contribution in [0.2, 0.25) is 5.02 Å². The lowest BCUT2D eigenvalue weighted by Crippen LogP contribution is -2.21. The van der Waals surface area contributed by atoms with Crippen LogP contribution in [-0.4, -0.2) is 43.4 Å². The third-order valence-corrected chi connectivity index (χ3v) is 8.26. The molecule has 0 saturated carbocycles. The van der Waals surface area contributed by atoms with Crippen LogP contribution in [0.25, 0.3) is 16.6 Å². The van der Waals surface area contributed by atoms with Crippen LogP contribution in [0.5, 0.6) is 11.5 Å². The van der Waals surface area contributed by atoms with Crippen LogP contribution in [0.3, 0.4) is 0 Å². The number of methoxy groups -OCH3 is 1. The number of carbonyl (C=O) groups is 2. The molecule has 0 aliphatic rings. The smallest absolute Gasteiger partial charge is 0.310 e. The zero-order valence-corrected chi connectivity index (χ0v) is 29.1. The molecule has 4 rings (SSSR count). The van der Waals surface area contributed by atoms with E-state index in [1.807, 2.05) is 80.6 Å². The molecule has 3 aromatic carbocycles. The molecular formula is C39H46ClNO6. The number of carbonyl (C=O) groups excluding carboxylic acids is 2. The van der Waals surface area contributed by atoms with Crippen LogP contribution in [0.1, 0.15) is 62.9 Å². The molecule has 0 aliphatic carbocycles. The summed E-state index contributed by atoms with van der Waals surface area (Å²) in [5.41, 5.74) is 5.54. The molecule has 1 unspecified atom stereocenters. The average molecular weight is 660 g/mol. The highest BCUT2D eigenvalue weighted by atomic mass is 35.5. The van der Waals surface area contributed by atoms with Gasteiger partial charge in [-0.1, -0.05) is 70.1 Å². The number of nitrogens with zero attached hydrogens (tertiary/aromatic N) is 1. The van der Waals surface area contributed by atoms with E-state index in [-0.39, 0.29) is 36.3 Å². The summed E-state index contributed by atoms with van der Waals surface area (Å²) in [5, 5.41) is 1.57. The fraction of sp³-hybridized carbons (Fsp3) is 0.385. The van der Waals surface area contributed by atoms with Crippen LogP contribution >= 0.6 is 11.6 Å². The van der Waals surface area contributed by atoms with E-state index in [0.717, 1.165) is 51.2 Å². The van der Waals surface area contributed by atoms with E-state index < -0.39 is 0 Å². The number of hydrogen-bond acceptors (Lipinski definition) is 6. The summed E-state index contributed by atoms with van der Waals surface area (Å²) >= 11 is 6.11. The largest absolute Gasteiger partial charge is 0.497 e. The summed E-state index contributed by atoms with van der Waals surface area (Å²) in [5.74, 6) is 0.857. The molecule has 0 fully saturated rings. The van der Waals surface area contributed by atoms with Gasteiger partial charge >= 0.3 is 11.9 Å². The highest BCUT2D eigenvalue weighted by Gasteiger charge is 2.22. The highest BCUT2D eigenvalue weighted by Crippen LogP contribution is 2.34.